The van der Waals surface area contributed by atoms with Gasteiger partial charge in [0.05, 0.1) is 0 Å². The van der Waals surface area contributed by atoms with Crippen LogP contribution in [0, 0.1) is 11.8 Å². The molecular formula is C15H27NS. The Bertz CT molecular complexity index is 314. The SMILES string of the molecule is CC(C)Cc1ccc(CCCC(N)C(C)C)s1. The molecule has 1 rings (SSSR count). The lowest BCUT2D eigenvalue weighted by Crippen LogP contribution is -2.26. The van der Waals surface area contributed by atoms with Crippen molar-refractivity contribution >= 4 is 11.3 Å². The first kappa shape index (κ1) is 14.7. The molecule has 0 spiro atoms. The Labute approximate surface area is 110 Å². The van der Waals surface area contributed by atoms with Crippen LogP contribution in [0.15, 0.2) is 12.1 Å². The highest BCUT2D eigenvalue weighted by atomic mass is 32.1. The van der Waals surface area contributed by atoms with Crippen molar-refractivity contribution in [2.24, 2.45) is 17.6 Å². The second kappa shape index (κ2) is 7.17. The van der Waals surface area contributed by atoms with E-state index in [0.29, 0.717) is 12.0 Å². The van der Waals surface area contributed by atoms with Crippen molar-refractivity contribution in [3.8, 4) is 0 Å². The van der Waals surface area contributed by atoms with E-state index in [1.165, 1.54) is 29.0 Å². The molecule has 0 fully saturated rings. The lowest BCUT2D eigenvalue weighted by molar-refractivity contribution is 0.453. The fourth-order valence-corrected chi connectivity index (χ4v) is 3.19. The maximum absolute atomic E-state index is 6.06. The van der Waals surface area contributed by atoms with Crippen molar-refractivity contribution in [3.63, 3.8) is 0 Å². The van der Waals surface area contributed by atoms with E-state index in [1.54, 1.807) is 0 Å². The number of aryl methyl sites for hydroxylation is 1. The Morgan fingerprint density at radius 2 is 1.76 bits per heavy atom. The molecule has 1 unspecified atom stereocenters. The quantitative estimate of drug-likeness (QED) is 0.772. The predicted molar refractivity (Wildman–Crippen MR) is 78.6 cm³/mol. The van der Waals surface area contributed by atoms with Crippen LogP contribution < -0.4 is 5.73 Å². The summed E-state index contributed by atoms with van der Waals surface area (Å²) in [5.41, 5.74) is 6.06. The van der Waals surface area contributed by atoms with E-state index in [1.807, 2.05) is 11.3 Å². The monoisotopic (exact) mass is 253 g/mol. The first-order valence-corrected chi connectivity index (χ1v) is 7.64. The van der Waals surface area contributed by atoms with Gasteiger partial charge in [-0.15, -0.1) is 11.3 Å². The van der Waals surface area contributed by atoms with Gasteiger partial charge < -0.3 is 5.73 Å². The summed E-state index contributed by atoms with van der Waals surface area (Å²) < 4.78 is 0. The van der Waals surface area contributed by atoms with E-state index in [0.717, 1.165) is 12.3 Å². The fraction of sp³-hybridized carbons (Fsp3) is 0.733. The van der Waals surface area contributed by atoms with Crippen LogP contribution in [-0.2, 0) is 12.8 Å². The second-order valence-electron chi connectivity index (χ2n) is 5.77. The molecule has 98 valence electrons. The number of nitrogens with two attached hydrogens (primary N) is 1. The molecule has 0 aromatic carbocycles. The van der Waals surface area contributed by atoms with Crippen LogP contribution >= 0.6 is 11.3 Å². The van der Waals surface area contributed by atoms with E-state index in [2.05, 4.69) is 39.8 Å². The topological polar surface area (TPSA) is 26.0 Å². The van der Waals surface area contributed by atoms with Crippen molar-refractivity contribution in [2.45, 2.75) is 59.4 Å². The molecule has 0 aliphatic carbocycles. The van der Waals surface area contributed by atoms with E-state index in [-0.39, 0.29) is 0 Å². The van der Waals surface area contributed by atoms with Crippen molar-refractivity contribution in [2.75, 3.05) is 0 Å². The summed E-state index contributed by atoms with van der Waals surface area (Å²) >= 11 is 1.98. The van der Waals surface area contributed by atoms with Crippen LogP contribution in [-0.4, -0.2) is 6.04 Å². The molecule has 1 atom stereocenters. The van der Waals surface area contributed by atoms with Gasteiger partial charge in [0, 0.05) is 15.8 Å². The Kier molecular flexibility index (Phi) is 6.21. The summed E-state index contributed by atoms with van der Waals surface area (Å²) in [4.78, 5) is 3.06. The number of rotatable bonds is 7. The third-order valence-corrected chi connectivity index (χ3v) is 4.31. The van der Waals surface area contributed by atoms with E-state index >= 15 is 0 Å². The number of thiophene rings is 1. The molecule has 1 aromatic rings. The molecule has 0 amide bonds. The summed E-state index contributed by atoms with van der Waals surface area (Å²) in [6.07, 6.45) is 4.79. The molecule has 0 aliphatic rings. The molecule has 2 N–H and O–H groups in total. The first-order valence-electron chi connectivity index (χ1n) is 6.82. The normalized spacial score (nSPS) is 13.6. The van der Waals surface area contributed by atoms with Gasteiger partial charge in [0.1, 0.15) is 0 Å². The van der Waals surface area contributed by atoms with Gasteiger partial charge in [0.25, 0.3) is 0 Å². The molecule has 0 bridgehead atoms. The molecule has 0 saturated heterocycles. The maximum Gasteiger partial charge on any atom is 0.00620 e. The lowest BCUT2D eigenvalue weighted by Gasteiger charge is -2.14. The molecule has 0 saturated carbocycles. The molecule has 1 heterocycles. The molecule has 1 nitrogen and oxygen atoms in total. The minimum absolute atomic E-state index is 0.366. The average Bonchev–Trinajstić information content (AvgIpc) is 2.64. The highest BCUT2D eigenvalue weighted by molar-refractivity contribution is 7.11. The molecule has 2 heteroatoms. The highest BCUT2D eigenvalue weighted by Gasteiger charge is 2.08. The van der Waals surface area contributed by atoms with Gasteiger partial charge >= 0.3 is 0 Å². The summed E-state index contributed by atoms with van der Waals surface area (Å²) in [6.45, 7) is 8.97. The second-order valence-corrected chi connectivity index (χ2v) is 7.02. The molecule has 1 aromatic heterocycles. The summed E-state index contributed by atoms with van der Waals surface area (Å²) in [5, 5.41) is 0. The number of hydrogen-bond donors (Lipinski definition) is 1. The molecule has 0 radical (unpaired) electrons. The van der Waals surface area contributed by atoms with E-state index < -0.39 is 0 Å². The average molecular weight is 253 g/mol. The fourth-order valence-electron chi connectivity index (χ4n) is 1.91. The van der Waals surface area contributed by atoms with Gasteiger partial charge in [-0.3, -0.25) is 0 Å². The Morgan fingerprint density at radius 3 is 2.35 bits per heavy atom. The van der Waals surface area contributed by atoms with Crippen LogP contribution in [0.3, 0.4) is 0 Å². The molecular weight excluding hydrogens is 226 g/mol. The minimum atomic E-state index is 0.366. The van der Waals surface area contributed by atoms with Gasteiger partial charge in [-0.1, -0.05) is 27.7 Å². The third kappa shape index (κ3) is 5.69. The Hall–Kier alpha value is -0.340. The van der Waals surface area contributed by atoms with Crippen LogP contribution in [0.1, 0.15) is 50.3 Å². The predicted octanol–water partition coefficient (Wildman–Crippen LogP) is 4.25. The van der Waals surface area contributed by atoms with Gasteiger partial charge in [0.2, 0.25) is 0 Å². The highest BCUT2D eigenvalue weighted by Crippen LogP contribution is 2.21. The van der Waals surface area contributed by atoms with Gasteiger partial charge in [-0.25, -0.2) is 0 Å². The minimum Gasteiger partial charge on any atom is -0.327 e. The van der Waals surface area contributed by atoms with Gasteiger partial charge in [0.15, 0.2) is 0 Å². The van der Waals surface area contributed by atoms with Crippen molar-refractivity contribution < 1.29 is 0 Å². The molecule has 0 aliphatic heterocycles. The zero-order valence-electron chi connectivity index (χ0n) is 11.7. The van der Waals surface area contributed by atoms with Gasteiger partial charge in [-0.05, 0) is 49.7 Å². The summed E-state index contributed by atoms with van der Waals surface area (Å²) in [5.74, 6) is 1.37. The lowest BCUT2D eigenvalue weighted by atomic mass is 9.99. The smallest absolute Gasteiger partial charge is 0.00620 e. The third-order valence-electron chi connectivity index (χ3n) is 3.14. The van der Waals surface area contributed by atoms with Crippen LogP contribution in [0.2, 0.25) is 0 Å². The molecule has 17 heavy (non-hydrogen) atoms. The standard InChI is InChI=1S/C15H27NS/c1-11(2)10-14-9-8-13(17-14)6-5-7-15(16)12(3)4/h8-9,11-12,15H,5-7,10,16H2,1-4H3. The van der Waals surface area contributed by atoms with Crippen molar-refractivity contribution in [1.29, 1.82) is 0 Å². The van der Waals surface area contributed by atoms with E-state index in [9.17, 15) is 0 Å². The van der Waals surface area contributed by atoms with Crippen molar-refractivity contribution in [3.05, 3.63) is 21.9 Å². The Balaban J connectivity index is 2.30. The summed E-state index contributed by atoms with van der Waals surface area (Å²) in [6, 6.07) is 4.95. The summed E-state index contributed by atoms with van der Waals surface area (Å²) in [7, 11) is 0. The van der Waals surface area contributed by atoms with Crippen LogP contribution in [0.5, 0.6) is 0 Å². The number of hydrogen-bond acceptors (Lipinski definition) is 2. The maximum atomic E-state index is 6.06. The first-order chi connectivity index (χ1) is 7.99. The zero-order valence-corrected chi connectivity index (χ0v) is 12.5. The van der Waals surface area contributed by atoms with E-state index in [4.69, 9.17) is 5.73 Å². The van der Waals surface area contributed by atoms with Gasteiger partial charge in [-0.2, -0.15) is 0 Å². The largest absolute Gasteiger partial charge is 0.327 e. The van der Waals surface area contributed by atoms with Crippen LogP contribution in [0.25, 0.3) is 0 Å². The van der Waals surface area contributed by atoms with Crippen LogP contribution in [0.4, 0.5) is 0 Å². The zero-order chi connectivity index (χ0) is 12.8. The Morgan fingerprint density at radius 1 is 1.12 bits per heavy atom. The van der Waals surface area contributed by atoms with Crippen molar-refractivity contribution in [1.82, 2.24) is 0 Å².